The van der Waals surface area contributed by atoms with Gasteiger partial charge in [-0.3, -0.25) is 14.6 Å². The summed E-state index contributed by atoms with van der Waals surface area (Å²) in [5, 5.41) is 12.5. The molecule has 1 aliphatic carbocycles. The summed E-state index contributed by atoms with van der Waals surface area (Å²) in [5.41, 5.74) is 0.123. The molecule has 1 aliphatic rings. The van der Waals surface area contributed by atoms with Crippen LogP contribution in [0.3, 0.4) is 0 Å². The standard InChI is InChI=1S/C17H24N2O3/c1-12(2)15(13-5-9-18-10-6-13)19-14(20)11-17(16(21)22)7-3-4-8-17/h5-6,9-10,12,15H,3-4,7-8,11H2,1-2H3,(H,19,20)(H,21,22)/t15-/m1/s1. The molecule has 22 heavy (non-hydrogen) atoms. The lowest BCUT2D eigenvalue weighted by atomic mass is 9.82. The molecule has 0 aliphatic heterocycles. The molecule has 0 bridgehead atoms. The van der Waals surface area contributed by atoms with Crippen molar-refractivity contribution in [3.05, 3.63) is 30.1 Å². The zero-order valence-electron chi connectivity index (χ0n) is 13.2. The van der Waals surface area contributed by atoms with Crippen molar-refractivity contribution in [1.29, 1.82) is 0 Å². The molecule has 120 valence electrons. The third kappa shape index (κ3) is 3.64. The normalized spacial score (nSPS) is 18.1. The van der Waals surface area contributed by atoms with E-state index < -0.39 is 11.4 Å². The molecule has 1 atom stereocenters. The molecular weight excluding hydrogens is 280 g/mol. The molecule has 5 nitrogen and oxygen atoms in total. The molecule has 2 N–H and O–H groups in total. The highest BCUT2D eigenvalue weighted by Gasteiger charge is 2.43. The van der Waals surface area contributed by atoms with E-state index in [4.69, 9.17) is 0 Å². The summed E-state index contributed by atoms with van der Waals surface area (Å²) in [6.07, 6.45) is 6.43. The second-order valence-corrected chi connectivity index (χ2v) is 6.54. The average molecular weight is 304 g/mol. The maximum absolute atomic E-state index is 12.4. The molecule has 1 fully saturated rings. The van der Waals surface area contributed by atoms with Crippen LogP contribution in [0.25, 0.3) is 0 Å². The summed E-state index contributed by atoms with van der Waals surface area (Å²) in [4.78, 5) is 28.0. The Balaban J connectivity index is 2.07. The lowest BCUT2D eigenvalue weighted by Gasteiger charge is -2.27. The molecule has 2 rings (SSSR count). The molecule has 5 heteroatoms. The molecule has 0 radical (unpaired) electrons. The molecule has 0 aromatic carbocycles. The zero-order valence-corrected chi connectivity index (χ0v) is 13.2. The van der Waals surface area contributed by atoms with Crippen LogP contribution in [0, 0.1) is 11.3 Å². The van der Waals surface area contributed by atoms with E-state index in [0.717, 1.165) is 18.4 Å². The average Bonchev–Trinajstić information content (AvgIpc) is 2.95. The minimum Gasteiger partial charge on any atom is -0.481 e. The Morgan fingerprint density at radius 1 is 1.27 bits per heavy atom. The maximum Gasteiger partial charge on any atom is 0.310 e. The van der Waals surface area contributed by atoms with Gasteiger partial charge in [0.15, 0.2) is 0 Å². The van der Waals surface area contributed by atoms with Crippen molar-refractivity contribution in [2.24, 2.45) is 11.3 Å². The number of carbonyl (C=O) groups excluding carboxylic acids is 1. The van der Waals surface area contributed by atoms with Crippen LogP contribution in [0.15, 0.2) is 24.5 Å². The van der Waals surface area contributed by atoms with Crippen LogP contribution < -0.4 is 5.32 Å². The van der Waals surface area contributed by atoms with Crippen molar-refractivity contribution in [2.75, 3.05) is 0 Å². The van der Waals surface area contributed by atoms with Gasteiger partial charge in [0.25, 0.3) is 0 Å². The van der Waals surface area contributed by atoms with Crippen LogP contribution in [0.4, 0.5) is 0 Å². The van der Waals surface area contributed by atoms with Gasteiger partial charge in [0.2, 0.25) is 5.91 Å². The molecular formula is C17H24N2O3. The lowest BCUT2D eigenvalue weighted by Crippen LogP contribution is -2.38. The van der Waals surface area contributed by atoms with Gasteiger partial charge >= 0.3 is 5.97 Å². The molecule has 1 saturated carbocycles. The van der Waals surface area contributed by atoms with Gasteiger partial charge in [-0.1, -0.05) is 26.7 Å². The van der Waals surface area contributed by atoms with Crippen LogP contribution in [0.2, 0.25) is 0 Å². The number of carboxylic acid groups (broad SMARTS) is 1. The number of hydrogen-bond donors (Lipinski definition) is 2. The Kier molecular flexibility index (Phi) is 5.16. The third-order valence-electron chi connectivity index (χ3n) is 4.56. The Bertz CT molecular complexity index is 522. The van der Waals surface area contributed by atoms with E-state index in [1.807, 2.05) is 26.0 Å². The number of carbonyl (C=O) groups is 2. The van der Waals surface area contributed by atoms with E-state index in [-0.39, 0.29) is 24.3 Å². The fraction of sp³-hybridized carbons (Fsp3) is 0.588. The van der Waals surface area contributed by atoms with Gasteiger partial charge in [-0.2, -0.15) is 0 Å². The Morgan fingerprint density at radius 3 is 2.36 bits per heavy atom. The van der Waals surface area contributed by atoms with Crippen molar-refractivity contribution in [2.45, 2.75) is 52.0 Å². The first-order chi connectivity index (χ1) is 10.4. The summed E-state index contributed by atoms with van der Waals surface area (Å²) in [6, 6.07) is 3.64. The zero-order chi connectivity index (χ0) is 16.2. The fourth-order valence-electron chi connectivity index (χ4n) is 3.26. The van der Waals surface area contributed by atoms with E-state index in [1.165, 1.54) is 0 Å². The van der Waals surface area contributed by atoms with Crippen LogP contribution >= 0.6 is 0 Å². The lowest BCUT2D eigenvalue weighted by molar-refractivity contribution is -0.151. The first-order valence-corrected chi connectivity index (χ1v) is 7.87. The predicted molar refractivity (Wildman–Crippen MR) is 83.1 cm³/mol. The predicted octanol–water partition coefficient (Wildman–Crippen LogP) is 2.93. The summed E-state index contributed by atoms with van der Waals surface area (Å²) in [7, 11) is 0. The van der Waals surface area contributed by atoms with Crippen molar-refractivity contribution >= 4 is 11.9 Å². The fourth-order valence-corrected chi connectivity index (χ4v) is 3.26. The number of amides is 1. The number of aromatic nitrogens is 1. The Labute approximate surface area is 131 Å². The van der Waals surface area contributed by atoms with E-state index in [9.17, 15) is 14.7 Å². The van der Waals surface area contributed by atoms with Crippen molar-refractivity contribution in [1.82, 2.24) is 10.3 Å². The van der Waals surface area contributed by atoms with Gasteiger partial charge in [-0.05, 0) is 36.5 Å². The van der Waals surface area contributed by atoms with E-state index in [1.54, 1.807) is 12.4 Å². The quantitative estimate of drug-likeness (QED) is 0.847. The first-order valence-electron chi connectivity index (χ1n) is 7.87. The van der Waals surface area contributed by atoms with Crippen LogP contribution in [0.1, 0.15) is 57.6 Å². The number of carboxylic acids is 1. The highest BCUT2D eigenvalue weighted by molar-refractivity contribution is 5.85. The molecule has 0 unspecified atom stereocenters. The SMILES string of the molecule is CC(C)[C@@H](NC(=O)CC1(C(=O)O)CCCC1)c1ccncc1. The van der Waals surface area contributed by atoms with Gasteiger partial charge < -0.3 is 10.4 Å². The van der Waals surface area contributed by atoms with Crippen molar-refractivity contribution < 1.29 is 14.7 Å². The molecule has 1 amide bonds. The summed E-state index contributed by atoms with van der Waals surface area (Å²) in [6.45, 7) is 4.07. The van der Waals surface area contributed by atoms with Crippen molar-refractivity contribution in [3.63, 3.8) is 0 Å². The molecule has 1 heterocycles. The van der Waals surface area contributed by atoms with Gasteiger partial charge in [0.1, 0.15) is 0 Å². The van der Waals surface area contributed by atoms with E-state index >= 15 is 0 Å². The summed E-state index contributed by atoms with van der Waals surface area (Å²) in [5.74, 6) is -0.805. The van der Waals surface area contributed by atoms with Crippen LogP contribution in [-0.2, 0) is 9.59 Å². The van der Waals surface area contributed by atoms with Gasteiger partial charge in [0.05, 0.1) is 11.5 Å². The summed E-state index contributed by atoms with van der Waals surface area (Å²) >= 11 is 0. The molecule has 0 spiro atoms. The largest absolute Gasteiger partial charge is 0.481 e. The third-order valence-corrected chi connectivity index (χ3v) is 4.56. The smallest absolute Gasteiger partial charge is 0.310 e. The first kappa shape index (κ1) is 16.5. The second kappa shape index (κ2) is 6.90. The Hall–Kier alpha value is -1.91. The van der Waals surface area contributed by atoms with Crippen LogP contribution in [0.5, 0.6) is 0 Å². The highest BCUT2D eigenvalue weighted by atomic mass is 16.4. The number of pyridine rings is 1. The number of nitrogens with one attached hydrogen (secondary N) is 1. The Morgan fingerprint density at radius 2 is 1.86 bits per heavy atom. The monoisotopic (exact) mass is 304 g/mol. The molecule has 0 saturated heterocycles. The van der Waals surface area contributed by atoms with Gasteiger partial charge in [0, 0.05) is 18.8 Å². The maximum atomic E-state index is 12.4. The number of rotatable bonds is 6. The topological polar surface area (TPSA) is 79.3 Å². The van der Waals surface area contributed by atoms with Crippen molar-refractivity contribution in [3.8, 4) is 0 Å². The minimum atomic E-state index is -0.871. The number of aliphatic carboxylic acids is 1. The van der Waals surface area contributed by atoms with Gasteiger partial charge in [-0.15, -0.1) is 0 Å². The second-order valence-electron chi connectivity index (χ2n) is 6.54. The van der Waals surface area contributed by atoms with E-state index in [0.29, 0.717) is 12.8 Å². The molecule has 1 aromatic rings. The van der Waals surface area contributed by atoms with Crippen LogP contribution in [-0.4, -0.2) is 22.0 Å². The molecule has 1 aromatic heterocycles. The number of hydrogen-bond acceptors (Lipinski definition) is 3. The summed E-state index contributed by atoms with van der Waals surface area (Å²) < 4.78 is 0. The minimum absolute atomic E-state index is 0.0661. The van der Waals surface area contributed by atoms with E-state index in [2.05, 4.69) is 10.3 Å². The highest BCUT2D eigenvalue weighted by Crippen LogP contribution is 2.41. The van der Waals surface area contributed by atoms with Gasteiger partial charge in [-0.25, -0.2) is 0 Å². The number of nitrogens with zero attached hydrogens (tertiary/aromatic N) is 1.